The minimum atomic E-state index is 0.194. The standard InChI is InChI=1S/C18H21N3O3/c22-18(14-6-7-14)21-10-15(11-21)17-19-16(20-24-17)8-9-23-12-13-4-2-1-3-5-13/h1-5,14-15H,6-12H2. The molecule has 1 saturated carbocycles. The zero-order valence-corrected chi connectivity index (χ0v) is 13.6. The molecule has 0 atom stereocenters. The zero-order valence-electron chi connectivity index (χ0n) is 13.6. The van der Waals surface area contributed by atoms with Crippen LogP contribution in [-0.2, 0) is 22.6 Å². The maximum atomic E-state index is 11.9. The Kier molecular flexibility index (Phi) is 4.30. The van der Waals surface area contributed by atoms with Crippen LogP contribution in [-0.4, -0.2) is 40.6 Å². The van der Waals surface area contributed by atoms with Crippen LogP contribution >= 0.6 is 0 Å². The fourth-order valence-corrected chi connectivity index (χ4v) is 2.87. The molecule has 126 valence electrons. The molecule has 1 aliphatic heterocycles. The lowest BCUT2D eigenvalue weighted by atomic mass is 9.99. The zero-order chi connectivity index (χ0) is 16.4. The summed E-state index contributed by atoms with van der Waals surface area (Å²) in [6.45, 7) is 2.57. The van der Waals surface area contributed by atoms with E-state index in [0.717, 1.165) is 18.4 Å². The van der Waals surface area contributed by atoms with E-state index < -0.39 is 0 Å². The number of likely N-dealkylation sites (tertiary alicyclic amines) is 1. The van der Waals surface area contributed by atoms with Crippen LogP contribution in [0.15, 0.2) is 34.9 Å². The lowest BCUT2D eigenvalue weighted by Crippen LogP contribution is -2.49. The minimum absolute atomic E-state index is 0.194. The molecule has 2 heterocycles. The van der Waals surface area contributed by atoms with E-state index in [9.17, 15) is 4.79 Å². The summed E-state index contributed by atoms with van der Waals surface area (Å²) < 4.78 is 11.0. The van der Waals surface area contributed by atoms with E-state index in [4.69, 9.17) is 9.26 Å². The van der Waals surface area contributed by atoms with Gasteiger partial charge in [0.15, 0.2) is 5.82 Å². The van der Waals surface area contributed by atoms with E-state index in [0.29, 0.717) is 50.3 Å². The van der Waals surface area contributed by atoms with Crippen molar-refractivity contribution in [2.45, 2.75) is 31.8 Å². The smallest absolute Gasteiger partial charge is 0.233 e. The number of nitrogens with zero attached hydrogens (tertiary/aromatic N) is 3. The number of benzene rings is 1. The molecule has 24 heavy (non-hydrogen) atoms. The monoisotopic (exact) mass is 327 g/mol. The lowest BCUT2D eigenvalue weighted by Gasteiger charge is -2.37. The average Bonchev–Trinajstić information content (AvgIpc) is 3.32. The largest absolute Gasteiger partial charge is 0.376 e. The number of carbonyl (C=O) groups is 1. The Morgan fingerprint density at radius 3 is 2.79 bits per heavy atom. The van der Waals surface area contributed by atoms with Crippen molar-refractivity contribution in [1.29, 1.82) is 0 Å². The molecule has 0 spiro atoms. The van der Waals surface area contributed by atoms with E-state index in [1.807, 2.05) is 35.2 Å². The van der Waals surface area contributed by atoms with Crippen LogP contribution in [0, 0.1) is 5.92 Å². The fraction of sp³-hybridized carbons (Fsp3) is 0.500. The molecule has 4 rings (SSSR count). The Bertz CT molecular complexity index is 691. The van der Waals surface area contributed by atoms with Crippen LogP contribution in [0.25, 0.3) is 0 Å². The Morgan fingerprint density at radius 1 is 1.25 bits per heavy atom. The van der Waals surface area contributed by atoms with Gasteiger partial charge >= 0.3 is 0 Å². The van der Waals surface area contributed by atoms with Gasteiger partial charge in [-0.05, 0) is 18.4 Å². The first-order valence-electron chi connectivity index (χ1n) is 8.52. The quantitative estimate of drug-likeness (QED) is 0.729. The number of ether oxygens (including phenoxy) is 1. The van der Waals surface area contributed by atoms with Gasteiger partial charge in [-0.25, -0.2) is 0 Å². The Morgan fingerprint density at radius 2 is 2.04 bits per heavy atom. The van der Waals surface area contributed by atoms with Gasteiger partial charge in [0.05, 0.1) is 19.1 Å². The average molecular weight is 327 g/mol. The number of hydrogen-bond acceptors (Lipinski definition) is 5. The highest BCUT2D eigenvalue weighted by molar-refractivity contribution is 5.81. The molecule has 1 saturated heterocycles. The van der Waals surface area contributed by atoms with Crippen LogP contribution in [0.4, 0.5) is 0 Å². The number of rotatable bonds is 7. The summed E-state index contributed by atoms with van der Waals surface area (Å²) in [7, 11) is 0. The summed E-state index contributed by atoms with van der Waals surface area (Å²) >= 11 is 0. The van der Waals surface area contributed by atoms with Crippen LogP contribution < -0.4 is 0 Å². The Hall–Kier alpha value is -2.21. The molecule has 1 aromatic heterocycles. The summed E-state index contributed by atoms with van der Waals surface area (Å²) in [6, 6.07) is 10.1. The molecule has 0 unspecified atom stereocenters. The summed E-state index contributed by atoms with van der Waals surface area (Å²) in [4.78, 5) is 18.2. The van der Waals surface area contributed by atoms with Crippen molar-refractivity contribution in [3.63, 3.8) is 0 Å². The summed E-state index contributed by atoms with van der Waals surface area (Å²) in [5.41, 5.74) is 1.15. The van der Waals surface area contributed by atoms with Gasteiger partial charge in [-0.1, -0.05) is 35.5 Å². The van der Waals surface area contributed by atoms with E-state index >= 15 is 0 Å². The molecular formula is C18H21N3O3. The van der Waals surface area contributed by atoms with Crippen molar-refractivity contribution >= 4 is 5.91 Å². The van der Waals surface area contributed by atoms with Crippen LogP contribution in [0.2, 0.25) is 0 Å². The van der Waals surface area contributed by atoms with Crippen molar-refractivity contribution in [1.82, 2.24) is 15.0 Å². The number of carbonyl (C=O) groups excluding carboxylic acids is 1. The van der Waals surface area contributed by atoms with Crippen molar-refractivity contribution in [3.05, 3.63) is 47.6 Å². The van der Waals surface area contributed by atoms with Gasteiger partial charge in [0.2, 0.25) is 11.8 Å². The number of aromatic nitrogens is 2. The first kappa shape index (κ1) is 15.3. The van der Waals surface area contributed by atoms with Crippen molar-refractivity contribution in [2.75, 3.05) is 19.7 Å². The second-order valence-corrected chi connectivity index (χ2v) is 6.55. The predicted octanol–water partition coefficient (Wildman–Crippen LogP) is 2.16. The normalized spacial score (nSPS) is 17.8. The maximum Gasteiger partial charge on any atom is 0.233 e. The predicted molar refractivity (Wildman–Crippen MR) is 86.1 cm³/mol. The van der Waals surface area contributed by atoms with Crippen molar-refractivity contribution in [2.24, 2.45) is 5.92 Å². The molecule has 0 bridgehead atoms. The van der Waals surface area contributed by atoms with Crippen molar-refractivity contribution in [3.8, 4) is 0 Å². The van der Waals surface area contributed by atoms with Crippen LogP contribution in [0.3, 0.4) is 0 Å². The molecule has 2 aliphatic rings. The summed E-state index contributed by atoms with van der Waals surface area (Å²) in [5.74, 6) is 2.09. The van der Waals surface area contributed by atoms with Gasteiger partial charge in [0.1, 0.15) is 0 Å². The van der Waals surface area contributed by atoms with E-state index in [1.54, 1.807) is 0 Å². The molecule has 0 radical (unpaired) electrons. The maximum absolute atomic E-state index is 11.9. The van der Waals surface area contributed by atoms with Crippen molar-refractivity contribution < 1.29 is 14.1 Å². The molecule has 1 aromatic carbocycles. The van der Waals surface area contributed by atoms with Crippen LogP contribution in [0.1, 0.15) is 36.0 Å². The van der Waals surface area contributed by atoms with Gasteiger partial charge in [-0.2, -0.15) is 4.98 Å². The molecule has 0 N–H and O–H groups in total. The molecule has 6 nitrogen and oxygen atoms in total. The molecule has 2 fully saturated rings. The second kappa shape index (κ2) is 6.73. The first-order valence-corrected chi connectivity index (χ1v) is 8.52. The van der Waals surface area contributed by atoms with E-state index in [2.05, 4.69) is 10.1 Å². The molecule has 6 heteroatoms. The topological polar surface area (TPSA) is 68.5 Å². The molecule has 2 aromatic rings. The molecule has 1 aliphatic carbocycles. The summed E-state index contributed by atoms with van der Waals surface area (Å²) in [6.07, 6.45) is 2.73. The first-order chi connectivity index (χ1) is 11.8. The summed E-state index contributed by atoms with van der Waals surface area (Å²) in [5, 5.41) is 4.01. The van der Waals surface area contributed by atoms with Gasteiger partial charge in [-0.15, -0.1) is 0 Å². The number of hydrogen-bond donors (Lipinski definition) is 0. The third-order valence-electron chi connectivity index (χ3n) is 4.53. The lowest BCUT2D eigenvalue weighted by molar-refractivity contribution is -0.137. The van der Waals surface area contributed by atoms with E-state index in [1.165, 1.54) is 0 Å². The third-order valence-corrected chi connectivity index (χ3v) is 4.53. The Balaban J connectivity index is 1.19. The third kappa shape index (κ3) is 3.48. The van der Waals surface area contributed by atoms with Gasteiger partial charge in [0, 0.05) is 25.4 Å². The minimum Gasteiger partial charge on any atom is -0.376 e. The highest BCUT2D eigenvalue weighted by Gasteiger charge is 2.41. The fourth-order valence-electron chi connectivity index (χ4n) is 2.87. The highest BCUT2D eigenvalue weighted by Crippen LogP contribution is 2.35. The highest BCUT2D eigenvalue weighted by atomic mass is 16.5. The Labute approximate surface area is 140 Å². The molecule has 1 amide bonds. The van der Waals surface area contributed by atoms with Crippen LogP contribution in [0.5, 0.6) is 0 Å². The number of amides is 1. The SMILES string of the molecule is O=C(C1CC1)N1CC(c2nc(CCOCc3ccccc3)no2)C1. The van der Waals surface area contributed by atoms with Gasteiger partial charge in [-0.3, -0.25) is 4.79 Å². The van der Waals surface area contributed by atoms with Gasteiger partial charge < -0.3 is 14.2 Å². The molecular weight excluding hydrogens is 306 g/mol. The van der Waals surface area contributed by atoms with E-state index in [-0.39, 0.29) is 11.8 Å². The second-order valence-electron chi connectivity index (χ2n) is 6.55. The van der Waals surface area contributed by atoms with Gasteiger partial charge in [0.25, 0.3) is 0 Å².